The number of nitrogens with zero attached hydrogens (tertiary/aromatic N) is 2. The fourth-order valence-electron chi connectivity index (χ4n) is 3.96. The Morgan fingerprint density at radius 1 is 0.933 bits per heavy atom. The van der Waals surface area contributed by atoms with Gasteiger partial charge in [0.15, 0.2) is 0 Å². The van der Waals surface area contributed by atoms with Crippen molar-refractivity contribution in [2.75, 3.05) is 25.0 Å². The van der Waals surface area contributed by atoms with E-state index in [0.29, 0.717) is 30.9 Å². The zero-order valence-corrected chi connectivity index (χ0v) is 17.5. The molecule has 2 amide bonds. The summed E-state index contributed by atoms with van der Waals surface area (Å²) in [7, 11) is -3.52. The van der Waals surface area contributed by atoms with Gasteiger partial charge in [-0.05, 0) is 48.7 Å². The third-order valence-corrected chi connectivity index (χ3v) is 7.48. The molecule has 0 aliphatic carbocycles. The standard InChI is InChI=1S/C22H25N3O4S/c26-21(16-24-15-17-7-3-4-8-20(17)22(24)27)23-18-9-11-19(12-10-18)30(28,29)25-13-5-1-2-6-14-25/h3-4,7-12H,1-2,5-6,13-16H2,(H,23,26). The van der Waals surface area contributed by atoms with Gasteiger partial charge in [0.05, 0.1) is 4.90 Å². The van der Waals surface area contributed by atoms with E-state index < -0.39 is 10.0 Å². The van der Waals surface area contributed by atoms with Crippen LogP contribution in [0.1, 0.15) is 41.6 Å². The molecule has 0 saturated carbocycles. The molecule has 0 unspecified atom stereocenters. The Morgan fingerprint density at radius 2 is 1.60 bits per heavy atom. The van der Waals surface area contributed by atoms with Crippen LogP contribution in [0.25, 0.3) is 0 Å². The Hall–Kier alpha value is -2.71. The summed E-state index contributed by atoms with van der Waals surface area (Å²) in [6, 6.07) is 13.5. The van der Waals surface area contributed by atoms with Crippen molar-refractivity contribution in [3.05, 3.63) is 59.7 Å². The van der Waals surface area contributed by atoms with E-state index in [2.05, 4.69) is 5.32 Å². The van der Waals surface area contributed by atoms with Crippen LogP contribution in [-0.4, -0.2) is 49.1 Å². The summed E-state index contributed by atoms with van der Waals surface area (Å²) < 4.78 is 27.2. The number of benzene rings is 2. The third-order valence-electron chi connectivity index (χ3n) is 5.57. The average Bonchev–Trinajstić information content (AvgIpc) is 2.91. The van der Waals surface area contributed by atoms with Crippen LogP contribution in [0.2, 0.25) is 0 Å². The first-order valence-corrected chi connectivity index (χ1v) is 11.7. The summed E-state index contributed by atoms with van der Waals surface area (Å²) >= 11 is 0. The molecule has 2 aliphatic heterocycles. The van der Waals surface area contributed by atoms with Gasteiger partial charge in [-0.25, -0.2) is 8.42 Å². The van der Waals surface area contributed by atoms with E-state index >= 15 is 0 Å². The molecule has 1 N–H and O–H groups in total. The summed E-state index contributed by atoms with van der Waals surface area (Å²) in [5, 5.41) is 2.74. The van der Waals surface area contributed by atoms with Gasteiger partial charge < -0.3 is 10.2 Å². The minimum absolute atomic E-state index is 0.0542. The van der Waals surface area contributed by atoms with Crippen molar-refractivity contribution in [3.8, 4) is 0 Å². The van der Waals surface area contributed by atoms with Crippen LogP contribution in [0.5, 0.6) is 0 Å². The molecule has 2 aromatic rings. The van der Waals surface area contributed by atoms with E-state index in [1.165, 1.54) is 17.0 Å². The van der Waals surface area contributed by atoms with Gasteiger partial charge in [0.1, 0.15) is 6.54 Å². The summed E-state index contributed by atoms with van der Waals surface area (Å²) in [5.41, 5.74) is 2.05. The molecule has 0 aromatic heterocycles. The van der Waals surface area contributed by atoms with E-state index in [9.17, 15) is 18.0 Å². The molecule has 0 bridgehead atoms. The first-order chi connectivity index (χ1) is 14.4. The lowest BCUT2D eigenvalue weighted by atomic mass is 10.1. The molecule has 0 radical (unpaired) electrons. The van der Waals surface area contributed by atoms with Crippen LogP contribution in [0.3, 0.4) is 0 Å². The van der Waals surface area contributed by atoms with Gasteiger partial charge in [0, 0.05) is 30.9 Å². The van der Waals surface area contributed by atoms with Gasteiger partial charge in [0.25, 0.3) is 5.91 Å². The van der Waals surface area contributed by atoms with Crippen molar-refractivity contribution >= 4 is 27.5 Å². The van der Waals surface area contributed by atoms with Gasteiger partial charge in [-0.2, -0.15) is 4.31 Å². The maximum absolute atomic E-state index is 12.8. The smallest absolute Gasteiger partial charge is 0.254 e. The first kappa shape index (κ1) is 20.6. The molecule has 4 rings (SSSR count). The SMILES string of the molecule is O=C(CN1Cc2ccccc2C1=O)Nc1ccc(S(=O)(=O)N2CCCCCC2)cc1. The first-order valence-electron chi connectivity index (χ1n) is 10.2. The van der Waals surface area contributed by atoms with Crippen LogP contribution in [-0.2, 0) is 21.4 Å². The number of fused-ring (bicyclic) bond motifs is 1. The molecular formula is C22H25N3O4S. The number of carbonyl (C=O) groups is 2. The molecule has 8 heteroatoms. The van der Waals surface area contributed by atoms with E-state index in [1.54, 1.807) is 22.5 Å². The normalized spacial score (nSPS) is 17.5. The number of rotatable bonds is 5. The van der Waals surface area contributed by atoms with Crippen molar-refractivity contribution in [1.29, 1.82) is 0 Å². The largest absolute Gasteiger partial charge is 0.325 e. The van der Waals surface area contributed by atoms with Crippen LogP contribution in [0, 0.1) is 0 Å². The number of sulfonamides is 1. The predicted octanol–water partition coefficient (Wildman–Crippen LogP) is 2.85. The maximum Gasteiger partial charge on any atom is 0.254 e. The molecular weight excluding hydrogens is 402 g/mol. The topological polar surface area (TPSA) is 86.8 Å². The van der Waals surface area contributed by atoms with E-state index in [0.717, 1.165) is 31.2 Å². The number of anilines is 1. The predicted molar refractivity (Wildman–Crippen MR) is 113 cm³/mol. The van der Waals surface area contributed by atoms with Crippen molar-refractivity contribution in [2.45, 2.75) is 37.1 Å². The molecule has 30 heavy (non-hydrogen) atoms. The second-order valence-electron chi connectivity index (χ2n) is 7.71. The number of hydrogen-bond acceptors (Lipinski definition) is 4. The van der Waals surface area contributed by atoms with E-state index in [-0.39, 0.29) is 23.3 Å². The number of amides is 2. The summed E-state index contributed by atoms with van der Waals surface area (Å²) in [5.74, 6) is -0.473. The fraction of sp³-hybridized carbons (Fsp3) is 0.364. The van der Waals surface area contributed by atoms with Crippen LogP contribution >= 0.6 is 0 Å². The minimum atomic E-state index is -3.52. The summed E-state index contributed by atoms with van der Waals surface area (Å²) in [6.07, 6.45) is 3.88. The lowest BCUT2D eigenvalue weighted by molar-refractivity contribution is -0.116. The van der Waals surface area contributed by atoms with E-state index in [1.807, 2.05) is 18.2 Å². The van der Waals surface area contributed by atoms with Crippen molar-refractivity contribution in [3.63, 3.8) is 0 Å². The summed E-state index contributed by atoms with van der Waals surface area (Å²) in [4.78, 5) is 26.5. The molecule has 1 saturated heterocycles. The quantitative estimate of drug-likeness (QED) is 0.795. The van der Waals surface area contributed by atoms with Crippen molar-refractivity contribution < 1.29 is 18.0 Å². The fourth-order valence-corrected chi connectivity index (χ4v) is 5.47. The third kappa shape index (κ3) is 4.24. The van der Waals surface area contributed by atoms with Crippen molar-refractivity contribution in [2.24, 2.45) is 0 Å². The molecule has 7 nitrogen and oxygen atoms in total. The maximum atomic E-state index is 12.8. The van der Waals surface area contributed by atoms with Gasteiger partial charge in [-0.15, -0.1) is 0 Å². The Labute approximate surface area is 176 Å². The molecule has 2 aliphatic rings. The molecule has 0 atom stereocenters. The summed E-state index contributed by atoms with van der Waals surface area (Å²) in [6.45, 7) is 1.46. The molecule has 158 valence electrons. The van der Waals surface area contributed by atoms with Gasteiger partial charge in [-0.1, -0.05) is 31.0 Å². The monoisotopic (exact) mass is 427 g/mol. The number of hydrogen-bond donors (Lipinski definition) is 1. The van der Waals surface area contributed by atoms with Crippen LogP contribution < -0.4 is 5.32 Å². The lowest BCUT2D eigenvalue weighted by Crippen LogP contribution is -2.33. The second kappa shape index (κ2) is 8.57. The van der Waals surface area contributed by atoms with Gasteiger partial charge >= 0.3 is 0 Å². The highest BCUT2D eigenvalue weighted by atomic mass is 32.2. The van der Waals surface area contributed by atoms with E-state index in [4.69, 9.17) is 0 Å². The zero-order valence-electron chi connectivity index (χ0n) is 16.7. The lowest BCUT2D eigenvalue weighted by Gasteiger charge is -2.20. The Balaban J connectivity index is 1.38. The zero-order chi connectivity index (χ0) is 21.1. The Bertz CT molecular complexity index is 1040. The average molecular weight is 428 g/mol. The van der Waals surface area contributed by atoms with Gasteiger partial charge in [0.2, 0.25) is 15.9 Å². The molecule has 1 fully saturated rings. The van der Waals surface area contributed by atoms with Crippen LogP contribution in [0.4, 0.5) is 5.69 Å². The highest BCUT2D eigenvalue weighted by molar-refractivity contribution is 7.89. The van der Waals surface area contributed by atoms with Crippen molar-refractivity contribution in [1.82, 2.24) is 9.21 Å². The minimum Gasteiger partial charge on any atom is -0.325 e. The highest BCUT2D eigenvalue weighted by Crippen LogP contribution is 2.23. The number of carbonyl (C=O) groups excluding carboxylic acids is 2. The molecule has 0 spiro atoms. The number of nitrogens with one attached hydrogen (secondary N) is 1. The van der Waals surface area contributed by atoms with Gasteiger partial charge in [-0.3, -0.25) is 9.59 Å². The highest BCUT2D eigenvalue weighted by Gasteiger charge is 2.28. The second-order valence-corrected chi connectivity index (χ2v) is 9.65. The molecule has 2 heterocycles. The Kier molecular flexibility index (Phi) is 5.87. The Morgan fingerprint density at radius 3 is 2.27 bits per heavy atom. The molecule has 2 aromatic carbocycles. The van der Waals surface area contributed by atoms with Crippen LogP contribution in [0.15, 0.2) is 53.4 Å².